The van der Waals surface area contributed by atoms with E-state index in [2.05, 4.69) is 15.6 Å². The quantitative estimate of drug-likeness (QED) is 0.597. The summed E-state index contributed by atoms with van der Waals surface area (Å²) in [6.45, 7) is 5.73. The van der Waals surface area contributed by atoms with Gasteiger partial charge in [0, 0.05) is 4.88 Å². The summed E-state index contributed by atoms with van der Waals surface area (Å²) >= 11 is 1.47. The Kier molecular flexibility index (Phi) is 5.60. The number of amides is 2. The van der Waals surface area contributed by atoms with Crippen molar-refractivity contribution in [3.05, 3.63) is 74.3 Å². The Morgan fingerprint density at radius 3 is 2.68 bits per heavy atom. The Hall–Kier alpha value is -3.46. The number of hydrogen-bond acceptors (Lipinski definition) is 6. The summed E-state index contributed by atoms with van der Waals surface area (Å²) in [4.78, 5) is 44.5. The van der Waals surface area contributed by atoms with Crippen molar-refractivity contribution in [1.29, 1.82) is 0 Å². The molecule has 0 spiro atoms. The second-order valence-electron chi connectivity index (χ2n) is 7.20. The maximum atomic E-state index is 13.1. The van der Waals surface area contributed by atoms with Crippen molar-refractivity contribution in [3.8, 4) is 0 Å². The molecular formula is C22H22N4O4S. The number of carbonyl (C=O) groups is 2. The molecule has 1 aliphatic heterocycles. The van der Waals surface area contributed by atoms with Gasteiger partial charge in [-0.1, -0.05) is 30.3 Å². The Balaban J connectivity index is 1.84. The van der Waals surface area contributed by atoms with Crippen molar-refractivity contribution in [3.63, 3.8) is 0 Å². The van der Waals surface area contributed by atoms with Crippen LogP contribution >= 0.6 is 11.3 Å². The molecule has 0 radical (unpaired) electrons. The van der Waals surface area contributed by atoms with Crippen molar-refractivity contribution >= 4 is 33.6 Å². The van der Waals surface area contributed by atoms with Gasteiger partial charge in [-0.25, -0.2) is 14.6 Å². The SMILES string of the molecule is CCOC(=O)C1=C(Cn2cnc3sc(C)c(C)c3c2=O)NC(=O)NC1c1ccccc1. The topological polar surface area (TPSA) is 102 Å². The number of nitrogens with zero attached hydrogens (tertiary/aromatic N) is 2. The van der Waals surface area contributed by atoms with Crippen LogP contribution in [0.5, 0.6) is 0 Å². The molecule has 0 saturated carbocycles. The first-order chi connectivity index (χ1) is 14.9. The summed E-state index contributed by atoms with van der Waals surface area (Å²) < 4.78 is 6.68. The lowest BCUT2D eigenvalue weighted by Gasteiger charge is -2.29. The highest BCUT2D eigenvalue weighted by Gasteiger charge is 2.34. The van der Waals surface area contributed by atoms with Crippen LogP contribution in [0.15, 0.2) is 52.7 Å². The van der Waals surface area contributed by atoms with E-state index in [0.29, 0.717) is 15.9 Å². The summed E-state index contributed by atoms with van der Waals surface area (Å²) in [6, 6.07) is 8.01. The molecule has 31 heavy (non-hydrogen) atoms. The van der Waals surface area contributed by atoms with Crippen molar-refractivity contribution in [2.45, 2.75) is 33.4 Å². The van der Waals surface area contributed by atoms with Crippen molar-refractivity contribution in [1.82, 2.24) is 20.2 Å². The van der Waals surface area contributed by atoms with E-state index in [1.165, 1.54) is 22.2 Å². The van der Waals surface area contributed by atoms with E-state index in [1.807, 2.05) is 44.2 Å². The third-order valence-electron chi connectivity index (χ3n) is 5.27. The average molecular weight is 439 g/mol. The highest BCUT2D eigenvalue weighted by molar-refractivity contribution is 7.18. The molecule has 0 fully saturated rings. The number of esters is 1. The van der Waals surface area contributed by atoms with E-state index in [0.717, 1.165) is 16.0 Å². The Morgan fingerprint density at radius 2 is 1.97 bits per heavy atom. The number of fused-ring (bicyclic) bond motifs is 1. The molecule has 1 atom stereocenters. The molecule has 8 nitrogen and oxygen atoms in total. The third kappa shape index (κ3) is 3.84. The minimum absolute atomic E-state index is 0.0129. The van der Waals surface area contributed by atoms with E-state index >= 15 is 0 Å². The zero-order chi connectivity index (χ0) is 22.1. The zero-order valence-corrected chi connectivity index (χ0v) is 18.2. The standard InChI is InChI=1S/C22H22N4O4S/c1-4-30-21(28)17-15(24-22(29)25-18(17)14-8-6-5-7-9-14)10-26-11-23-19-16(20(26)27)12(2)13(3)31-19/h5-9,11,18H,4,10H2,1-3H3,(H2,24,25,29). The van der Waals surface area contributed by atoms with Gasteiger partial charge >= 0.3 is 12.0 Å². The van der Waals surface area contributed by atoms with Gasteiger partial charge in [-0.05, 0) is 31.9 Å². The Morgan fingerprint density at radius 1 is 1.23 bits per heavy atom. The largest absolute Gasteiger partial charge is 0.463 e. The van der Waals surface area contributed by atoms with Crippen LogP contribution in [-0.4, -0.2) is 28.2 Å². The van der Waals surface area contributed by atoms with Crippen molar-refractivity contribution in [2.75, 3.05) is 6.61 Å². The second kappa shape index (κ2) is 8.35. The first-order valence-corrected chi connectivity index (χ1v) is 10.7. The Bertz CT molecular complexity index is 1260. The Labute approximate surface area is 182 Å². The maximum absolute atomic E-state index is 13.1. The number of aryl methyl sites for hydroxylation is 2. The molecule has 1 aliphatic rings. The van der Waals surface area contributed by atoms with Gasteiger partial charge in [-0.2, -0.15) is 0 Å². The molecule has 2 amide bonds. The lowest BCUT2D eigenvalue weighted by molar-refractivity contribution is -0.139. The molecule has 1 aromatic carbocycles. The number of urea groups is 1. The van der Waals surface area contributed by atoms with Gasteiger partial charge in [0.1, 0.15) is 4.83 Å². The second-order valence-corrected chi connectivity index (χ2v) is 8.40. The lowest BCUT2D eigenvalue weighted by atomic mass is 9.95. The number of benzene rings is 1. The molecule has 1 unspecified atom stereocenters. The summed E-state index contributed by atoms with van der Waals surface area (Å²) in [5.41, 5.74) is 1.99. The number of nitrogens with one attached hydrogen (secondary N) is 2. The highest BCUT2D eigenvalue weighted by Crippen LogP contribution is 2.29. The van der Waals surface area contributed by atoms with Gasteiger partial charge in [-0.15, -0.1) is 11.3 Å². The first-order valence-electron chi connectivity index (χ1n) is 9.88. The minimum atomic E-state index is -0.693. The van der Waals surface area contributed by atoms with Crippen LogP contribution in [0.25, 0.3) is 10.2 Å². The first kappa shape index (κ1) is 20.8. The third-order valence-corrected chi connectivity index (χ3v) is 6.38. The summed E-state index contributed by atoms with van der Waals surface area (Å²) in [6.07, 6.45) is 1.45. The fraction of sp³-hybridized carbons (Fsp3) is 0.273. The highest BCUT2D eigenvalue weighted by atomic mass is 32.1. The number of allylic oxidation sites excluding steroid dienone is 1. The molecule has 3 heterocycles. The van der Waals surface area contributed by atoms with Gasteiger partial charge in [0.2, 0.25) is 0 Å². The minimum Gasteiger partial charge on any atom is -0.463 e. The van der Waals surface area contributed by atoms with E-state index in [9.17, 15) is 14.4 Å². The number of hydrogen-bond donors (Lipinski definition) is 2. The van der Waals surface area contributed by atoms with Crippen LogP contribution in [0, 0.1) is 13.8 Å². The zero-order valence-electron chi connectivity index (χ0n) is 17.4. The molecular weight excluding hydrogens is 416 g/mol. The van der Waals surface area contributed by atoms with Crippen molar-refractivity contribution in [2.24, 2.45) is 0 Å². The molecule has 3 aromatic rings. The fourth-order valence-corrected chi connectivity index (χ4v) is 4.63. The molecule has 4 rings (SSSR count). The molecule has 2 aromatic heterocycles. The fourth-order valence-electron chi connectivity index (χ4n) is 3.64. The van der Waals surface area contributed by atoms with Gasteiger partial charge in [0.25, 0.3) is 5.56 Å². The monoisotopic (exact) mass is 438 g/mol. The number of ether oxygens (including phenoxy) is 1. The van der Waals surface area contributed by atoms with Gasteiger partial charge < -0.3 is 15.4 Å². The number of aromatic nitrogens is 2. The molecule has 2 N–H and O–H groups in total. The molecule has 0 saturated heterocycles. The van der Waals surface area contributed by atoms with Crippen LogP contribution in [0.1, 0.15) is 29.0 Å². The summed E-state index contributed by atoms with van der Waals surface area (Å²) in [5.74, 6) is -0.552. The van der Waals surface area contributed by atoms with E-state index < -0.39 is 18.0 Å². The summed E-state index contributed by atoms with van der Waals surface area (Å²) in [5, 5.41) is 6.04. The van der Waals surface area contributed by atoms with Gasteiger partial charge in [0.15, 0.2) is 0 Å². The maximum Gasteiger partial charge on any atom is 0.338 e. The predicted octanol–water partition coefficient (Wildman–Crippen LogP) is 2.95. The van der Waals surface area contributed by atoms with Crippen LogP contribution in [0.4, 0.5) is 4.79 Å². The molecule has 0 aliphatic carbocycles. The number of thiophene rings is 1. The molecule has 160 valence electrons. The van der Waals surface area contributed by atoms with Crippen molar-refractivity contribution < 1.29 is 14.3 Å². The predicted molar refractivity (Wildman–Crippen MR) is 118 cm³/mol. The number of rotatable bonds is 5. The molecule has 9 heteroatoms. The van der Waals surface area contributed by atoms with Crippen LogP contribution in [-0.2, 0) is 16.1 Å². The average Bonchev–Trinajstić information content (AvgIpc) is 3.04. The van der Waals surface area contributed by atoms with E-state index in [4.69, 9.17) is 4.74 Å². The normalized spacial score (nSPS) is 16.2. The summed E-state index contributed by atoms with van der Waals surface area (Å²) in [7, 11) is 0. The number of carbonyl (C=O) groups excluding carboxylic acids is 2. The van der Waals surface area contributed by atoms with Crippen LogP contribution < -0.4 is 16.2 Å². The smallest absolute Gasteiger partial charge is 0.338 e. The van der Waals surface area contributed by atoms with E-state index in [1.54, 1.807) is 6.92 Å². The lowest BCUT2D eigenvalue weighted by Crippen LogP contribution is -2.47. The van der Waals surface area contributed by atoms with Gasteiger partial charge in [0.05, 0.1) is 42.2 Å². The molecule has 0 bridgehead atoms. The van der Waals surface area contributed by atoms with E-state index in [-0.39, 0.29) is 24.3 Å². The van der Waals surface area contributed by atoms with Crippen LogP contribution in [0.2, 0.25) is 0 Å². The van der Waals surface area contributed by atoms with Crippen LogP contribution in [0.3, 0.4) is 0 Å². The van der Waals surface area contributed by atoms with Gasteiger partial charge in [-0.3, -0.25) is 9.36 Å².